The zero-order valence-corrected chi connectivity index (χ0v) is 14.9. The summed E-state index contributed by atoms with van der Waals surface area (Å²) in [5.41, 5.74) is -0.328. The van der Waals surface area contributed by atoms with Crippen molar-refractivity contribution in [1.29, 1.82) is 0 Å². The number of esters is 1. The van der Waals surface area contributed by atoms with Crippen molar-refractivity contribution in [3.8, 4) is 5.75 Å². The lowest BCUT2D eigenvalue weighted by Crippen LogP contribution is -2.35. The van der Waals surface area contributed by atoms with Crippen LogP contribution < -0.4 is 9.64 Å². The maximum atomic E-state index is 14.4. The van der Waals surface area contributed by atoms with Gasteiger partial charge in [-0.15, -0.1) is 0 Å². The topological polar surface area (TPSA) is 76.2 Å². The number of carbonyl (C=O) groups is 3. The second kappa shape index (κ2) is 7.51. The number of carbonyl (C=O) groups excluding carboxylic acids is 3. The molecular formula is C17H15ClF2N2O5. The number of fused-ring (bicyclic) bond motifs is 1. The van der Waals surface area contributed by atoms with Gasteiger partial charge in [0.1, 0.15) is 30.4 Å². The molecule has 2 aliphatic heterocycles. The molecule has 144 valence electrons. The molecule has 3 amide bonds. The van der Waals surface area contributed by atoms with Crippen molar-refractivity contribution in [3.05, 3.63) is 35.1 Å². The molecule has 1 aromatic rings. The second-order valence-electron chi connectivity index (χ2n) is 5.93. The first-order valence-corrected chi connectivity index (χ1v) is 8.36. The molecule has 3 rings (SSSR count). The molecule has 2 fully saturated rings. The van der Waals surface area contributed by atoms with E-state index in [4.69, 9.17) is 16.3 Å². The summed E-state index contributed by atoms with van der Waals surface area (Å²) in [5, 5.41) is -0.0777. The molecule has 0 spiro atoms. The van der Waals surface area contributed by atoms with Crippen LogP contribution in [-0.4, -0.2) is 55.3 Å². The molecule has 2 heterocycles. The maximum absolute atomic E-state index is 14.4. The number of urea groups is 1. The number of hydrogen-bond acceptors (Lipinski definition) is 5. The maximum Gasteiger partial charge on any atom is 0.332 e. The fourth-order valence-electron chi connectivity index (χ4n) is 2.97. The Bertz CT molecular complexity index is 808. The third kappa shape index (κ3) is 3.59. The van der Waals surface area contributed by atoms with E-state index in [1.807, 2.05) is 0 Å². The number of benzene rings is 1. The Balaban J connectivity index is 1.82. The second-order valence-corrected chi connectivity index (χ2v) is 6.34. The van der Waals surface area contributed by atoms with E-state index < -0.39 is 35.9 Å². The highest BCUT2D eigenvalue weighted by molar-refractivity contribution is 6.32. The van der Waals surface area contributed by atoms with E-state index in [9.17, 15) is 23.2 Å². The number of anilines is 1. The molecule has 0 saturated carbocycles. The molecule has 10 heteroatoms. The summed E-state index contributed by atoms with van der Waals surface area (Å²) in [6.07, 6.45) is 1.10. The normalized spacial score (nSPS) is 21.9. The number of methoxy groups -OCH3 is 1. The smallest absolute Gasteiger partial charge is 0.332 e. The Labute approximate surface area is 158 Å². The van der Waals surface area contributed by atoms with E-state index in [1.54, 1.807) is 0 Å². The molecule has 0 aromatic heterocycles. The minimum Gasteiger partial charge on any atom is -0.488 e. The molecule has 2 atom stereocenters. The summed E-state index contributed by atoms with van der Waals surface area (Å²) >= 11 is 5.94. The molecule has 2 saturated heterocycles. The van der Waals surface area contributed by atoms with Gasteiger partial charge in [0.2, 0.25) is 0 Å². The lowest BCUT2D eigenvalue weighted by Gasteiger charge is -2.18. The summed E-state index contributed by atoms with van der Waals surface area (Å²) in [6.45, 7) is -0.289. The summed E-state index contributed by atoms with van der Waals surface area (Å²) < 4.78 is 37.6. The molecule has 0 N–H and O–H groups in total. The molecular weight excluding hydrogens is 386 g/mol. The van der Waals surface area contributed by atoms with Gasteiger partial charge in [-0.2, -0.15) is 0 Å². The number of rotatable bonds is 5. The van der Waals surface area contributed by atoms with E-state index >= 15 is 0 Å². The van der Waals surface area contributed by atoms with Crippen LogP contribution in [0.3, 0.4) is 0 Å². The summed E-state index contributed by atoms with van der Waals surface area (Å²) in [5.74, 6) is -2.15. The van der Waals surface area contributed by atoms with Gasteiger partial charge < -0.3 is 14.4 Å². The molecule has 2 unspecified atom stereocenters. The SMILES string of the molecule is COC(=O)C=CCOc1cc(N2C(=O)C3CC(F)CN3C2=O)c(F)cc1Cl. The van der Waals surface area contributed by atoms with E-state index in [-0.39, 0.29) is 36.0 Å². The van der Waals surface area contributed by atoms with Gasteiger partial charge in [-0.1, -0.05) is 11.6 Å². The Morgan fingerprint density at radius 1 is 1.41 bits per heavy atom. The van der Waals surface area contributed by atoms with Crippen molar-refractivity contribution in [2.75, 3.05) is 25.2 Å². The van der Waals surface area contributed by atoms with Crippen molar-refractivity contribution in [3.63, 3.8) is 0 Å². The number of amides is 3. The fourth-order valence-corrected chi connectivity index (χ4v) is 3.18. The van der Waals surface area contributed by atoms with Crippen molar-refractivity contribution in [1.82, 2.24) is 4.90 Å². The fraction of sp³-hybridized carbons (Fsp3) is 0.353. The minimum absolute atomic E-state index is 0.0126. The molecule has 7 nitrogen and oxygen atoms in total. The summed E-state index contributed by atoms with van der Waals surface area (Å²) in [6, 6.07) is 0.310. The van der Waals surface area contributed by atoms with Crippen LogP contribution in [0.25, 0.3) is 0 Å². The van der Waals surface area contributed by atoms with Gasteiger partial charge in [-0.05, 0) is 12.1 Å². The number of alkyl halides is 1. The van der Waals surface area contributed by atoms with Gasteiger partial charge in [0.25, 0.3) is 5.91 Å². The molecule has 0 radical (unpaired) electrons. The van der Waals surface area contributed by atoms with Crippen LogP contribution in [0.1, 0.15) is 6.42 Å². The van der Waals surface area contributed by atoms with Gasteiger partial charge in [0.15, 0.2) is 0 Å². The molecule has 0 aliphatic carbocycles. The van der Waals surface area contributed by atoms with Crippen molar-refractivity contribution < 1.29 is 32.6 Å². The van der Waals surface area contributed by atoms with Crippen LogP contribution in [0.5, 0.6) is 5.75 Å². The largest absolute Gasteiger partial charge is 0.488 e. The van der Waals surface area contributed by atoms with Crippen LogP contribution in [0, 0.1) is 5.82 Å². The average Bonchev–Trinajstić information content (AvgIpc) is 3.11. The molecule has 1 aromatic carbocycles. The number of ether oxygens (including phenoxy) is 2. The number of halogens is 3. The zero-order valence-electron chi connectivity index (χ0n) is 14.2. The van der Waals surface area contributed by atoms with Crippen LogP contribution in [0.4, 0.5) is 19.3 Å². The van der Waals surface area contributed by atoms with Crippen molar-refractivity contribution in [2.24, 2.45) is 0 Å². The minimum atomic E-state index is -1.28. The lowest BCUT2D eigenvalue weighted by atomic mass is 10.2. The zero-order chi connectivity index (χ0) is 19.7. The predicted octanol–water partition coefficient (Wildman–Crippen LogP) is 2.47. The highest BCUT2D eigenvalue weighted by Gasteiger charge is 2.52. The van der Waals surface area contributed by atoms with Gasteiger partial charge in [0, 0.05) is 18.6 Å². The number of imide groups is 1. The number of hydrogen-bond donors (Lipinski definition) is 0. The first-order chi connectivity index (χ1) is 12.8. The van der Waals surface area contributed by atoms with Crippen LogP contribution in [-0.2, 0) is 14.3 Å². The third-order valence-corrected chi connectivity index (χ3v) is 4.52. The standard InChI is InChI=1S/C17H15ClF2N2O5/c1-26-15(23)3-2-4-27-14-7-12(11(20)6-10(14)18)22-16(24)13-5-9(19)8-21(13)17(22)25/h2-3,6-7,9,13H,4-5,8H2,1H3. The van der Waals surface area contributed by atoms with Crippen LogP contribution in [0.2, 0.25) is 5.02 Å². The molecule has 2 aliphatic rings. The lowest BCUT2D eigenvalue weighted by molar-refractivity contribution is -0.134. The Morgan fingerprint density at radius 2 is 2.15 bits per heavy atom. The van der Waals surface area contributed by atoms with E-state index in [2.05, 4.69) is 4.74 Å². The van der Waals surface area contributed by atoms with E-state index in [1.165, 1.54) is 13.2 Å². The van der Waals surface area contributed by atoms with Crippen molar-refractivity contribution >= 4 is 35.2 Å². The van der Waals surface area contributed by atoms with Gasteiger partial charge in [-0.3, -0.25) is 4.79 Å². The van der Waals surface area contributed by atoms with Crippen LogP contribution in [0.15, 0.2) is 24.3 Å². The highest BCUT2D eigenvalue weighted by Crippen LogP contribution is 2.37. The van der Waals surface area contributed by atoms with Gasteiger partial charge >= 0.3 is 12.0 Å². The monoisotopic (exact) mass is 400 g/mol. The molecule has 27 heavy (non-hydrogen) atoms. The predicted molar refractivity (Wildman–Crippen MR) is 91.0 cm³/mol. The van der Waals surface area contributed by atoms with Gasteiger partial charge in [-0.25, -0.2) is 23.3 Å². The molecule has 0 bridgehead atoms. The highest BCUT2D eigenvalue weighted by atomic mass is 35.5. The third-order valence-electron chi connectivity index (χ3n) is 4.22. The first kappa shape index (κ1) is 19.1. The Hall–Kier alpha value is -2.68. The van der Waals surface area contributed by atoms with E-state index in [0.29, 0.717) is 4.90 Å². The Morgan fingerprint density at radius 3 is 2.81 bits per heavy atom. The summed E-state index contributed by atoms with van der Waals surface area (Å²) in [4.78, 5) is 37.6. The Kier molecular flexibility index (Phi) is 5.31. The van der Waals surface area contributed by atoms with Gasteiger partial charge in [0.05, 0.1) is 24.4 Å². The first-order valence-electron chi connectivity index (χ1n) is 7.98. The van der Waals surface area contributed by atoms with Crippen LogP contribution >= 0.6 is 11.6 Å². The average molecular weight is 401 g/mol. The van der Waals surface area contributed by atoms with E-state index in [0.717, 1.165) is 23.1 Å². The van der Waals surface area contributed by atoms with Crippen molar-refractivity contribution in [2.45, 2.75) is 18.6 Å². The number of nitrogens with zero attached hydrogens (tertiary/aromatic N) is 2. The summed E-state index contributed by atoms with van der Waals surface area (Å²) in [7, 11) is 1.22. The quantitative estimate of drug-likeness (QED) is 0.431.